The predicted octanol–water partition coefficient (Wildman–Crippen LogP) is 5.13. The van der Waals surface area contributed by atoms with Gasteiger partial charge in [0.15, 0.2) is 5.65 Å². The third-order valence-corrected chi connectivity index (χ3v) is 8.17. The minimum absolute atomic E-state index is 0.0877. The molecule has 3 N–H and O–H groups in total. The number of nitrogens with one attached hydrogen (secondary N) is 1. The number of nitrogens with two attached hydrogens (primary N) is 1. The van der Waals surface area contributed by atoms with Crippen LogP contribution in [0.15, 0.2) is 42.6 Å². The summed E-state index contributed by atoms with van der Waals surface area (Å²) in [4.78, 5) is 25.8. The number of pyridine rings is 1. The molecular weight excluding hydrogens is 474 g/mol. The fourth-order valence-electron chi connectivity index (χ4n) is 5.93. The van der Waals surface area contributed by atoms with E-state index in [0.717, 1.165) is 68.0 Å². The lowest BCUT2D eigenvalue weighted by Crippen LogP contribution is -2.36. The lowest BCUT2D eigenvalue weighted by Gasteiger charge is -2.29. The first-order valence-corrected chi connectivity index (χ1v) is 13.3. The number of allylic oxidation sites excluding steroid dienone is 2. The Morgan fingerprint density at radius 3 is 2.78 bits per heavy atom. The van der Waals surface area contributed by atoms with Crippen LogP contribution in [0.4, 0.5) is 5.69 Å². The van der Waals surface area contributed by atoms with Gasteiger partial charge in [-0.1, -0.05) is 49.2 Å². The molecule has 2 bridgehead atoms. The van der Waals surface area contributed by atoms with Crippen molar-refractivity contribution in [1.29, 1.82) is 0 Å². The monoisotopic (exact) mass is 507 g/mol. The van der Waals surface area contributed by atoms with Crippen LogP contribution >= 0.6 is 11.6 Å². The second-order valence-electron chi connectivity index (χ2n) is 9.99. The van der Waals surface area contributed by atoms with Crippen LogP contribution in [0.2, 0.25) is 5.02 Å². The average Bonchev–Trinajstić information content (AvgIpc) is 3.63. The fourth-order valence-corrected chi connectivity index (χ4v) is 6.08. The van der Waals surface area contributed by atoms with Gasteiger partial charge in [0.05, 0.1) is 23.8 Å². The van der Waals surface area contributed by atoms with Crippen LogP contribution < -0.4 is 10.6 Å². The number of hydrogen-bond donors (Lipinski definition) is 2. The first-order valence-electron chi connectivity index (χ1n) is 12.9. The molecule has 3 aliphatic rings. The van der Waals surface area contributed by atoms with Crippen LogP contribution in [0, 0.1) is 30.6 Å². The molecule has 0 spiro atoms. The molecule has 8 heteroatoms. The number of ether oxygens (including phenoxy) is 1. The maximum Gasteiger partial charge on any atom is 0.221 e. The van der Waals surface area contributed by atoms with E-state index in [1.807, 2.05) is 6.92 Å². The van der Waals surface area contributed by atoms with Crippen LogP contribution in [0.5, 0.6) is 0 Å². The molecule has 7 nitrogen and oxygen atoms in total. The van der Waals surface area contributed by atoms with Gasteiger partial charge in [-0.25, -0.2) is 9.97 Å². The molecule has 4 atom stereocenters. The minimum atomic E-state index is -0.0877. The fraction of sp³-hybridized carbons (Fsp3) is 0.464. The van der Waals surface area contributed by atoms with E-state index in [1.54, 1.807) is 6.20 Å². The number of hydrogen-bond acceptors (Lipinski definition) is 5. The number of carbonyl (C=O) groups is 1. The number of primary amides is 1. The number of fused-ring (bicyclic) bond motifs is 3. The van der Waals surface area contributed by atoms with Crippen molar-refractivity contribution < 1.29 is 9.53 Å². The molecule has 190 valence electrons. The summed E-state index contributed by atoms with van der Waals surface area (Å²) >= 11 is 6.14. The molecule has 0 radical (unpaired) electrons. The van der Waals surface area contributed by atoms with Crippen molar-refractivity contribution in [2.24, 2.45) is 29.4 Å². The van der Waals surface area contributed by atoms with Crippen LogP contribution in [0.1, 0.15) is 31.7 Å². The Kier molecular flexibility index (Phi) is 7.30. The van der Waals surface area contributed by atoms with E-state index in [-0.39, 0.29) is 11.8 Å². The third kappa shape index (κ3) is 4.87. The summed E-state index contributed by atoms with van der Waals surface area (Å²) in [6, 6.07) is 8.39. The van der Waals surface area contributed by atoms with E-state index in [0.29, 0.717) is 28.4 Å². The number of rotatable bonds is 5. The molecule has 1 aliphatic heterocycles. The molecule has 1 aromatic carbocycles. The summed E-state index contributed by atoms with van der Waals surface area (Å²) in [5, 5.41) is 0.648. The van der Waals surface area contributed by atoms with Gasteiger partial charge in [-0.05, 0) is 55.2 Å². The standard InChI is InChI=1S/C17H17ClN4O.C11H17NO/c1-11-14(18)10-19-17-15(11)20-16(21-17)12-3-2-4-13(9-12)22-5-7-23-8-6-22;1-2-3-9-7-4-5-8(6-7)10(9)11(12)13/h2-4,9-10H,5-8H2,1H3,(H,19,20,21);4-5,7-10H,2-3,6H2,1H3,(H2,12,13). The average molecular weight is 508 g/mol. The number of benzene rings is 1. The number of aromatic amines is 1. The van der Waals surface area contributed by atoms with Crippen LogP contribution in [0.25, 0.3) is 22.6 Å². The van der Waals surface area contributed by atoms with Gasteiger partial charge in [-0.3, -0.25) is 4.79 Å². The lowest BCUT2D eigenvalue weighted by molar-refractivity contribution is -0.124. The Hall–Kier alpha value is -2.90. The van der Waals surface area contributed by atoms with Gasteiger partial charge in [0.1, 0.15) is 5.82 Å². The molecule has 4 unspecified atom stereocenters. The number of amides is 1. The minimum Gasteiger partial charge on any atom is -0.378 e. The molecule has 1 amide bonds. The number of aryl methyl sites for hydroxylation is 1. The normalized spacial score (nSPS) is 24.7. The second kappa shape index (κ2) is 10.6. The zero-order valence-electron chi connectivity index (χ0n) is 20.9. The zero-order valence-corrected chi connectivity index (χ0v) is 21.7. The Morgan fingerprint density at radius 1 is 1.25 bits per heavy atom. The van der Waals surface area contributed by atoms with Gasteiger partial charge >= 0.3 is 0 Å². The van der Waals surface area contributed by atoms with E-state index >= 15 is 0 Å². The zero-order chi connectivity index (χ0) is 25.2. The number of morpholine rings is 1. The van der Waals surface area contributed by atoms with Crippen LogP contribution in [-0.2, 0) is 9.53 Å². The van der Waals surface area contributed by atoms with Gasteiger partial charge in [0, 0.05) is 36.5 Å². The number of H-pyrrole nitrogens is 1. The summed E-state index contributed by atoms with van der Waals surface area (Å²) in [7, 11) is 0. The number of anilines is 1. The summed E-state index contributed by atoms with van der Waals surface area (Å²) in [5.74, 6) is 2.50. The number of carbonyl (C=O) groups excluding carboxylic acids is 1. The molecule has 3 aromatic rings. The highest BCUT2D eigenvalue weighted by atomic mass is 35.5. The molecule has 1 saturated heterocycles. The maximum absolute atomic E-state index is 11.3. The Labute approximate surface area is 217 Å². The third-order valence-electron chi connectivity index (χ3n) is 7.79. The SMILES string of the molecule is CCCC1C2C=CC(C2)C1C(N)=O.Cc1c(Cl)cnc2nc(-c3cccc(N4CCOCC4)c3)[nH]c12. The Morgan fingerprint density at radius 2 is 2.03 bits per heavy atom. The van der Waals surface area contributed by atoms with Crippen molar-refractivity contribution in [2.75, 3.05) is 31.2 Å². The smallest absolute Gasteiger partial charge is 0.221 e. The highest BCUT2D eigenvalue weighted by Gasteiger charge is 2.46. The van der Waals surface area contributed by atoms with Crippen molar-refractivity contribution in [3.8, 4) is 11.4 Å². The van der Waals surface area contributed by atoms with E-state index in [9.17, 15) is 4.79 Å². The summed E-state index contributed by atoms with van der Waals surface area (Å²) < 4.78 is 5.42. The van der Waals surface area contributed by atoms with Crippen LogP contribution in [0.3, 0.4) is 0 Å². The molecule has 1 saturated carbocycles. The first-order chi connectivity index (χ1) is 17.5. The number of nitrogens with zero attached hydrogens (tertiary/aromatic N) is 3. The van der Waals surface area contributed by atoms with Gasteiger partial charge in [-0.2, -0.15) is 0 Å². The summed E-state index contributed by atoms with van der Waals surface area (Å²) in [6.07, 6.45) is 9.59. The molecule has 3 heterocycles. The van der Waals surface area contributed by atoms with E-state index in [2.05, 4.69) is 63.2 Å². The van der Waals surface area contributed by atoms with E-state index in [1.165, 1.54) is 5.69 Å². The Bertz CT molecular complexity index is 1270. The molecular formula is C28H34ClN5O2. The van der Waals surface area contributed by atoms with Crippen molar-refractivity contribution in [1.82, 2.24) is 15.0 Å². The van der Waals surface area contributed by atoms with Crippen molar-refractivity contribution in [3.05, 3.63) is 53.2 Å². The number of imidazole rings is 1. The highest BCUT2D eigenvalue weighted by molar-refractivity contribution is 6.31. The van der Waals surface area contributed by atoms with Gasteiger partial charge in [-0.15, -0.1) is 0 Å². The predicted molar refractivity (Wildman–Crippen MR) is 144 cm³/mol. The number of aromatic nitrogens is 3. The topological polar surface area (TPSA) is 97.1 Å². The lowest BCUT2D eigenvalue weighted by atomic mass is 9.80. The van der Waals surface area contributed by atoms with Crippen molar-refractivity contribution in [3.63, 3.8) is 0 Å². The molecule has 6 rings (SSSR count). The molecule has 2 fully saturated rings. The van der Waals surface area contributed by atoms with Gasteiger partial charge in [0.2, 0.25) is 5.91 Å². The Balaban J connectivity index is 0.000000174. The van der Waals surface area contributed by atoms with Crippen molar-refractivity contribution in [2.45, 2.75) is 33.1 Å². The first kappa shape index (κ1) is 24.8. The summed E-state index contributed by atoms with van der Waals surface area (Å²) in [6.45, 7) is 7.53. The molecule has 2 aromatic heterocycles. The second-order valence-corrected chi connectivity index (χ2v) is 10.4. The van der Waals surface area contributed by atoms with E-state index in [4.69, 9.17) is 22.1 Å². The maximum atomic E-state index is 11.3. The molecule has 2 aliphatic carbocycles. The highest BCUT2D eigenvalue weighted by Crippen LogP contribution is 2.49. The largest absolute Gasteiger partial charge is 0.378 e. The van der Waals surface area contributed by atoms with Crippen LogP contribution in [-0.4, -0.2) is 47.2 Å². The van der Waals surface area contributed by atoms with Crippen molar-refractivity contribution >= 4 is 34.4 Å². The molecule has 36 heavy (non-hydrogen) atoms. The van der Waals surface area contributed by atoms with Gasteiger partial charge in [0.25, 0.3) is 0 Å². The van der Waals surface area contributed by atoms with E-state index < -0.39 is 0 Å². The van der Waals surface area contributed by atoms with Gasteiger partial charge < -0.3 is 20.4 Å². The summed E-state index contributed by atoms with van der Waals surface area (Å²) in [5.41, 5.74) is 10.2. The quantitative estimate of drug-likeness (QED) is 0.466. The number of halogens is 1.